The topological polar surface area (TPSA) is 46.9 Å². The van der Waals surface area contributed by atoms with Crippen LogP contribution in [-0.4, -0.2) is 59.7 Å². The zero-order valence-corrected chi connectivity index (χ0v) is 20.3. The second kappa shape index (κ2) is 8.83. The fraction of sp³-hybridized carbons (Fsp3) is 0.560. The molecular formula is C25H32F3N3O3. The molecule has 0 bridgehead atoms. The Bertz CT molecular complexity index is 1060. The predicted molar refractivity (Wildman–Crippen MR) is 122 cm³/mol. The van der Waals surface area contributed by atoms with Gasteiger partial charge in [0.05, 0.1) is 18.8 Å². The van der Waals surface area contributed by atoms with Crippen LogP contribution in [0.5, 0.6) is 11.5 Å². The van der Waals surface area contributed by atoms with Gasteiger partial charge in [0.25, 0.3) is 5.91 Å². The van der Waals surface area contributed by atoms with Gasteiger partial charge in [0.15, 0.2) is 11.5 Å². The lowest BCUT2D eigenvalue weighted by Gasteiger charge is -2.53. The Morgan fingerprint density at radius 3 is 2.38 bits per heavy atom. The Labute approximate surface area is 198 Å². The van der Waals surface area contributed by atoms with Crippen molar-refractivity contribution in [3.63, 3.8) is 0 Å². The summed E-state index contributed by atoms with van der Waals surface area (Å²) in [6.07, 6.45) is -3.30. The van der Waals surface area contributed by atoms with E-state index in [9.17, 15) is 18.0 Å². The van der Waals surface area contributed by atoms with Crippen LogP contribution in [0.15, 0.2) is 30.3 Å². The van der Waals surface area contributed by atoms with E-state index in [4.69, 9.17) is 9.47 Å². The molecule has 1 atom stereocenters. The lowest BCUT2D eigenvalue weighted by molar-refractivity contribution is -0.145. The molecule has 1 aromatic heterocycles. The molecule has 6 nitrogen and oxygen atoms in total. The Morgan fingerprint density at radius 2 is 1.79 bits per heavy atom. The van der Waals surface area contributed by atoms with Gasteiger partial charge in [-0.3, -0.25) is 9.69 Å². The second-order valence-electron chi connectivity index (χ2n) is 9.53. The van der Waals surface area contributed by atoms with Crippen LogP contribution >= 0.6 is 0 Å². The summed E-state index contributed by atoms with van der Waals surface area (Å²) in [7, 11) is 3.51. The van der Waals surface area contributed by atoms with Gasteiger partial charge in [-0.25, -0.2) is 0 Å². The van der Waals surface area contributed by atoms with E-state index in [2.05, 4.69) is 4.90 Å². The molecule has 2 aromatic rings. The highest BCUT2D eigenvalue weighted by atomic mass is 19.4. The number of benzene rings is 1. The van der Waals surface area contributed by atoms with Crippen LogP contribution in [0, 0.1) is 0 Å². The summed E-state index contributed by atoms with van der Waals surface area (Å²) in [6.45, 7) is 6.99. The number of hydrogen-bond acceptors (Lipinski definition) is 4. The van der Waals surface area contributed by atoms with E-state index >= 15 is 0 Å². The Morgan fingerprint density at radius 1 is 1.12 bits per heavy atom. The third-order valence-corrected chi connectivity index (χ3v) is 7.18. The summed E-state index contributed by atoms with van der Waals surface area (Å²) in [5.41, 5.74) is 0.0439. The molecule has 186 valence electrons. The van der Waals surface area contributed by atoms with Crippen molar-refractivity contribution in [1.82, 2.24) is 14.4 Å². The van der Waals surface area contributed by atoms with Gasteiger partial charge < -0.3 is 18.9 Å². The SMILES string of the molecule is COc1cc(C(=O)N2CCC3(CC2)c2ccc(C(F)(F)F)n2C[C@H](C)N3C)ccc1OC(C)C. The molecule has 1 saturated heterocycles. The maximum absolute atomic E-state index is 13.6. The number of likely N-dealkylation sites (tertiary alicyclic amines) is 1. The normalized spacial score (nSPS) is 20.5. The number of rotatable bonds is 4. The zero-order valence-electron chi connectivity index (χ0n) is 20.3. The molecule has 1 spiro atoms. The van der Waals surface area contributed by atoms with E-state index in [1.807, 2.05) is 27.8 Å². The van der Waals surface area contributed by atoms with E-state index in [0.717, 1.165) is 0 Å². The predicted octanol–water partition coefficient (Wildman–Crippen LogP) is 4.77. The van der Waals surface area contributed by atoms with E-state index in [1.54, 1.807) is 29.2 Å². The van der Waals surface area contributed by atoms with Gasteiger partial charge in [-0.15, -0.1) is 0 Å². The Hall–Kier alpha value is -2.68. The molecule has 0 aliphatic carbocycles. The molecule has 4 rings (SSSR count). The molecule has 1 aromatic carbocycles. The zero-order chi connectivity index (χ0) is 24.8. The first-order valence-electron chi connectivity index (χ1n) is 11.6. The highest BCUT2D eigenvalue weighted by Crippen LogP contribution is 2.45. The molecule has 0 unspecified atom stereocenters. The van der Waals surface area contributed by atoms with Crippen molar-refractivity contribution in [3.8, 4) is 11.5 Å². The van der Waals surface area contributed by atoms with Crippen molar-refractivity contribution in [1.29, 1.82) is 0 Å². The van der Waals surface area contributed by atoms with Crippen LogP contribution in [-0.2, 0) is 18.3 Å². The maximum atomic E-state index is 13.6. The fourth-order valence-electron chi connectivity index (χ4n) is 5.33. The summed E-state index contributed by atoms with van der Waals surface area (Å²) in [5.74, 6) is 0.944. The molecule has 3 heterocycles. The number of ether oxygens (including phenoxy) is 2. The first kappa shape index (κ1) is 24.4. The molecule has 34 heavy (non-hydrogen) atoms. The summed E-state index contributed by atoms with van der Waals surface area (Å²) >= 11 is 0. The van der Waals surface area contributed by atoms with Crippen LogP contribution < -0.4 is 9.47 Å². The molecule has 9 heteroatoms. The van der Waals surface area contributed by atoms with E-state index < -0.39 is 17.4 Å². The monoisotopic (exact) mass is 479 g/mol. The third kappa shape index (κ3) is 4.15. The van der Waals surface area contributed by atoms with Crippen LogP contribution in [0.25, 0.3) is 0 Å². The van der Waals surface area contributed by atoms with Gasteiger partial charge in [-0.2, -0.15) is 13.2 Å². The molecule has 2 aliphatic rings. The molecular weight excluding hydrogens is 447 g/mol. The van der Waals surface area contributed by atoms with Crippen molar-refractivity contribution in [2.45, 2.75) is 64.0 Å². The minimum Gasteiger partial charge on any atom is -0.493 e. The molecule has 0 N–H and O–H groups in total. The number of halogens is 3. The largest absolute Gasteiger partial charge is 0.493 e. The van der Waals surface area contributed by atoms with Crippen LogP contribution in [0.2, 0.25) is 0 Å². The number of hydrogen-bond donors (Lipinski definition) is 0. The molecule has 2 aliphatic heterocycles. The summed E-state index contributed by atoms with van der Waals surface area (Å²) in [4.78, 5) is 17.2. The van der Waals surface area contributed by atoms with Crippen molar-refractivity contribution < 1.29 is 27.4 Å². The number of methoxy groups -OCH3 is 1. The number of carbonyl (C=O) groups excluding carboxylic acids is 1. The number of amides is 1. The molecule has 1 fully saturated rings. The highest BCUT2D eigenvalue weighted by molar-refractivity contribution is 5.95. The Kier molecular flexibility index (Phi) is 6.35. The van der Waals surface area contributed by atoms with Crippen molar-refractivity contribution in [2.75, 3.05) is 27.2 Å². The fourth-order valence-corrected chi connectivity index (χ4v) is 5.33. The average molecular weight is 480 g/mol. The van der Waals surface area contributed by atoms with Crippen molar-refractivity contribution in [3.05, 3.63) is 47.3 Å². The lowest BCUT2D eigenvalue weighted by atomic mass is 9.80. The van der Waals surface area contributed by atoms with Crippen molar-refractivity contribution >= 4 is 5.91 Å². The maximum Gasteiger partial charge on any atom is 0.431 e. The summed E-state index contributed by atoms with van der Waals surface area (Å²) in [5, 5.41) is 0. The van der Waals surface area contributed by atoms with Gasteiger partial charge in [0.2, 0.25) is 0 Å². The van der Waals surface area contributed by atoms with Crippen LogP contribution in [0.3, 0.4) is 0 Å². The smallest absolute Gasteiger partial charge is 0.431 e. The summed E-state index contributed by atoms with van der Waals surface area (Å²) in [6, 6.07) is 7.89. The Balaban J connectivity index is 1.56. The number of piperidine rings is 1. The second-order valence-corrected chi connectivity index (χ2v) is 9.53. The van der Waals surface area contributed by atoms with E-state index in [0.29, 0.717) is 55.2 Å². The minimum absolute atomic E-state index is 0.0274. The first-order chi connectivity index (χ1) is 16.0. The lowest BCUT2D eigenvalue weighted by Crippen LogP contribution is -2.59. The molecule has 0 radical (unpaired) electrons. The van der Waals surface area contributed by atoms with Gasteiger partial charge in [0.1, 0.15) is 5.69 Å². The first-order valence-corrected chi connectivity index (χ1v) is 11.6. The highest BCUT2D eigenvalue weighted by Gasteiger charge is 2.49. The quantitative estimate of drug-likeness (QED) is 0.634. The van der Waals surface area contributed by atoms with E-state index in [-0.39, 0.29) is 18.1 Å². The number of carbonyl (C=O) groups is 1. The van der Waals surface area contributed by atoms with Gasteiger partial charge in [0, 0.05) is 36.9 Å². The third-order valence-electron chi connectivity index (χ3n) is 7.18. The number of likely N-dealkylation sites (N-methyl/N-ethyl adjacent to an activating group) is 1. The summed E-state index contributed by atoms with van der Waals surface area (Å²) < 4.78 is 53.4. The van der Waals surface area contributed by atoms with E-state index in [1.165, 1.54) is 17.7 Å². The van der Waals surface area contributed by atoms with Gasteiger partial charge in [-0.1, -0.05) is 0 Å². The van der Waals surface area contributed by atoms with Crippen LogP contribution in [0.4, 0.5) is 13.2 Å². The number of alkyl halides is 3. The van der Waals surface area contributed by atoms with Gasteiger partial charge >= 0.3 is 6.18 Å². The number of nitrogens with zero attached hydrogens (tertiary/aromatic N) is 3. The standard InChI is InChI=1S/C25H32F3N3O3/c1-16(2)34-19-7-6-18(14-20(19)33-5)23(32)30-12-10-24(11-13-30)21-8-9-22(25(26,27)28)31(21)15-17(3)29(24)4/h6-9,14,16-17H,10-13,15H2,1-5H3/t17-/m0/s1. The minimum atomic E-state index is -4.39. The average Bonchev–Trinajstić information content (AvgIpc) is 3.22. The molecule has 0 saturated carbocycles. The van der Waals surface area contributed by atoms with Gasteiger partial charge in [-0.05, 0) is 71.0 Å². The number of fused-ring (bicyclic) bond motifs is 2. The molecule has 1 amide bonds. The van der Waals surface area contributed by atoms with Crippen LogP contribution in [0.1, 0.15) is 55.4 Å². The van der Waals surface area contributed by atoms with Crippen molar-refractivity contribution in [2.24, 2.45) is 0 Å². The number of aromatic nitrogens is 1.